The highest BCUT2D eigenvalue weighted by molar-refractivity contribution is 5.25. The van der Waals surface area contributed by atoms with Crippen LogP contribution in [0.2, 0.25) is 0 Å². The summed E-state index contributed by atoms with van der Waals surface area (Å²) < 4.78 is 42.2. The van der Waals surface area contributed by atoms with E-state index in [1.165, 1.54) is 12.1 Å². The molecule has 0 aliphatic rings. The van der Waals surface area contributed by atoms with E-state index in [1.807, 2.05) is 6.92 Å². The summed E-state index contributed by atoms with van der Waals surface area (Å²) in [6.45, 7) is 2.68. The Balaban J connectivity index is 2.53. The second-order valence-electron chi connectivity index (χ2n) is 4.96. The molecule has 0 saturated heterocycles. The third-order valence-corrected chi connectivity index (χ3v) is 2.94. The van der Waals surface area contributed by atoms with E-state index in [-0.39, 0.29) is 6.04 Å². The Morgan fingerprint density at radius 2 is 1.79 bits per heavy atom. The maximum absolute atomic E-state index is 12.4. The SMILES string of the molecule is COCC(C)CC(N)Cc1ccc(C(F)(F)F)cc1. The third kappa shape index (κ3) is 5.61. The van der Waals surface area contributed by atoms with Crippen LogP contribution in [0.15, 0.2) is 24.3 Å². The lowest BCUT2D eigenvalue weighted by Crippen LogP contribution is -2.26. The van der Waals surface area contributed by atoms with Crippen molar-refractivity contribution in [3.63, 3.8) is 0 Å². The molecule has 0 radical (unpaired) electrons. The number of hydrogen-bond donors (Lipinski definition) is 1. The molecule has 0 amide bonds. The van der Waals surface area contributed by atoms with E-state index in [2.05, 4.69) is 0 Å². The van der Waals surface area contributed by atoms with Crippen molar-refractivity contribution in [1.82, 2.24) is 0 Å². The van der Waals surface area contributed by atoms with Crippen molar-refractivity contribution in [2.24, 2.45) is 11.7 Å². The summed E-state index contributed by atoms with van der Waals surface area (Å²) in [7, 11) is 1.64. The van der Waals surface area contributed by atoms with E-state index in [0.29, 0.717) is 18.9 Å². The summed E-state index contributed by atoms with van der Waals surface area (Å²) in [4.78, 5) is 0. The molecule has 1 aromatic carbocycles. The topological polar surface area (TPSA) is 35.2 Å². The zero-order valence-electron chi connectivity index (χ0n) is 11.2. The Morgan fingerprint density at radius 1 is 1.21 bits per heavy atom. The zero-order chi connectivity index (χ0) is 14.5. The van der Waals surface area contributed by atoms with Crippen LogP contribution >= 0.6 is 0 Å². The number of halogens is 3. The third-order valence-electron chi connectivity index (χ3n) is 2.94. The Hall–Kier alpha value is -1.07. The van der Waals surface area contributed by atoms with Crippen molar-refractivity contribution < 1.29 is 17.9 Å². The highest BCUT2D eigenvalue weighted by Gasteiger charge is 2.29. The standard InChI is InChI=1S/C14H20F3NO/c1-10(9-19-2)7-13(18)8-11-3-5-12(6-4-11)14(15,16)17/h3-6,10,13H,7-9,18H2,1-2H3. The van der Waals surface area contributed by atoms with Crippen molar-refractivity contribution in [2.75, 3.05) is 13.7 Å². The van der Waals surface area contributed by atoms with Gasteiger partial charge in [-0.25, -0.2) is 0 Å². The molecule has 2 nitrogen and oxygen atoms in total. The number of methoxy groups -OCH3 is 1. The summed E-state index contributed by atoms with van der Waals surface area (Å²) in [6, 6.07) is 5.11. The Labute approximate surface area is 111 Å². The van der Waals surface area contributed by atoms with Gasteiger partial charge in [-0.05, 0) is 36.5 Å². The van der Waals surface area contributed by atoms with Gasteiger partial charge < -0.3 is 10.5 Å². The highest BCUT2D eigenvalue weighted by atomic mass is 19.4. The van der Waals surface area contributed by atoms with Crippen LogP contribution in [-0.2, 0) is 17.3 Å². The second kappa shape index (κ2) is 6.91. The largest absolute Gasteiger partial charge is 0.416 e. The summed E-state index contributed by atoms with van der Waals surface area (Å²) in [5, 5.41) is 0. The van der Waals surface area contributed by atoms with Crippen LogP contribution in [-0.4, -0.2) is 19.8 Å². The molecule has 0 heterocycles. The molecule has 0 bridgehead atoms. The van der Waals surface area contributed by atoms with Gasteiger partial charge in [0.05, 0.1) is 5.56 Å². The lowest BCUT2D eigenvalue weighted by Gasteiger charge is -2.17. The molecule has 0 saturated carbocycles. The number of ether oxygens (including phenoxy) is 1. The molecule has 108 valence electrons. The van der Waals surface area contributed by atoms with Gasteiger partial charge in [0.1, 0.15) is 0 Å². The van der Waals surface area contributed by atoms with Gasteiger partial charge in [0, 0.05) is 19.8 Å². The highest BCUT2D eigenvalue weighted by Crippen LogP contribution is 2.29. The fourth-order valence-corrected chi connectivity index (χ4v) is 2.09. The molecule has 0 aliphatic carbocycles. The van der Waals surface area contributed by atoms with E-state index in [9.17, 15) is 13.2 Å². The fraction of sp³-hybridized carbons (Fsp3) is 0.571. The van der Waals surface area contributed by atoms with Crippen molar-refractivity contribution in [3.8, 4) is 0 Å². The Kier molecular flexibility index (Phi) is 5.82. The van der Waals surface area contributed by atoms with Gasteiger partial charge >= 0.3 is 6.18 Å². The normalized spacial score (nSPS) is 15.3. The first kappa shape index (κ1) is 16.0. The van der Waals surface area contributed by atoms with Crippen LogP contribution in [0.1, 0.15) is 24.5 Å². The predicted octanol–water partition coefficient (Wildman–Crippen LogP) is 3.25. The van der Waals surface area contributed by atoms with Crippen molar-refractivity contribution in [2.45, 2.75) is 32.0 Å². The molecular formula is C14H20F3NO. The summed E-state index contributed by atoms with van der Waals surface area (Å²) in [5.41, 5.74) is 6.18. The van der Waals surface area contributed by atoms with Gasteiger partial charge in [-0.3, -0.25) is 0 Å². The summed E-state index contributed by atoms with van der Waals surface area (Å²) in [6.07, 6.45) is -2.92. The minimum atomic E-state index is -4.28. The van der Waals surface area contributed by atoms with Crippen molar-refractivity contribution in [3.05, 3.63) is 35.4 Å². The number of nitrogens with two attached hydrogens (primary N) is 1. The molecule has 19 heavy (non-hydrogen) atoms. The average molecular weight is 275 g/mol. The van der Waals surface area contributed by atoms with E-state index < -0.39 is 11.7 Å². The average Bonchev–Trinajstić information content (AvgIpc) is 2.28. The molecule has 5 heteroatoms. The maximum atomic E-state index is 12.4. The quantitative estimate of drug-likeness (QED) is 0.865. The first-order valence-corrected chi connectivity index (χ1v) is 6.23. The van der Waals surface area contributed by atoms with Crippen LogP contribution in [0.25, 0.3) is 0 Å². The molecule has 1 rings (SSSR count). The minimum Gasteiger partial charge on any atom is -0.384 e. The van der Waals surface area contributed by atoms with E-state index in [4.69, 9.17) is 10.5 Å². The fourth-order valence-electron chi connectivity index (χ4n) is 2.09. The Morgan fingerprint density at radius 3 is 2.26 bits per heavy atom. The molecule has 2 atom stereocenters. The van der Waals surface area contributed by atoms with Crippen LogP contribution in [0.5, 0.6) is 0 Å². The summed E-state index contributed by atoms with van der Waals surface area (Å²) in [5.74, 6) is 0.342. The van der Waals surface area contributed by atoms with Gasteiger partial charge in [0.25, 0.3) is 0 Å². The van der Waals surface area contributed by atoms with Crippen molar-refractivity contribution in [1.29, 1.82) is 0 Å². The monoisotopic (exact) mass is 275 g/mol. The number of benzene rings is 1. The molecule has 2 N–H and O–H groups in total. The minimum absolute atomic E-state index is 0.0677. The van der Waals surface area contributed by atoms with Gasteiger partial charge in [0.15, 0.2) is 0 Å². The smallest absolute Gasteiger partial charge is 0.384 e. The lowest BCUT2D eigenvalue weighted by molar-refractivity contribution is -0.137. The first-order chi connectivity index (χ1) is 8.82. The van der Waals surface area contributed by atoms with E-state index >= 15 is 0 Å². The Bertz CT molecular complexity index is 375. The molecule has 2 unspecified atom stereocenters. The molecule has 0 aliphatic heterocycles. The predicted molar refractivity (Wildman–Crippen MR) is 68.8 cm³/mol. The van der Waals surface area contributed by atoms with Crippen LogP contribution in [0.3, 0.4) is 0 Å². The van der Waals surface area contributed by atoms with Gasteiger partial charge in [0.2, 0.25) is 0 Å². The maximum Gasteiger partial charge on any atom is 0.416 e. The van der Waals surface area contributed by atoms with Crippen LogP contribution in [0.4, 0.5) is 13.2 Å². The molecule has 0 fully saturated rings. The number of hydrogen-bond acceptors (Lipinski definition) is 2. The second-order valence-corrected chi connectivity index (χ2v) is 4.96. The number of alkyl halides is 3. The zero-order valence-corrected chi connectivity index (χ0v) is 11.2. The molecular weight excluding hydrogens is 255 g/mol. The lowest BCUT2D eigenvalue weighted by atomic mass is 9.97. The van der Waals surface area contributed by atoms with Gasteiger partial charge in [-0.1, -0.05) is 19.1 Å². The summed E-state index contributed by atoms with van der Waals surface area (Å²) >= 11 is 0. The molecule has 1 aromatic rings. The number of rotatable bonds is 6. The van der Waals surface area contributed by atoms with E-state index in [0.717, 1.165) is 24.1 Å². The van der Waals surface area contributed by atoms with Crippen molar-refractivity contribution >= 4 is 0 Å². The van der Waals surface area contributed by atoms with Gasteiger partial charge in [-0.2, -0.15) is 13.2 Å². The molecule has 0 aromatic heterocycles. The molecule has 0 spiro atoms. The first-order valence-electron chi connectivity index (χ1n) is 6.23. The van der Waals surface area contributed by atoms with Crippen LogP contribution < -0.4 is 5.73 Å². The van der Waals surface area contributed by atoms with Gasteiger partial charge in [-0.15, -0.1) is 0 Å². The van der Waals surface area contributed by atoms with E-state index in [1.54, 1.807) is 7.11 Å². The van der Waals surface area contributed by atoms with Crippen LogP contribution in [0, 0.1) is 5.92 Å².